The van der Waals surface area contributed by atoms with E-state index in [1.54, 1.807) is 0 Å². The molecule has 5 nitrogen and oxygen atoms in total. The predicted octanol–water partition coefficient (Wildman–Crippen LogP) is 3.31. The average Bonchev–Trinajstić information content (AvgIpc) is 2.97. The third kappa shape index (κ3) is 5.05. The molecule has 1 saturated heterocycles. The summed E-state index contributed by atoms with van der Waals surface area (Å²) in [5, 5.41) is 3.55. The zero-order chi connectivity index (χ0) is 16.2. The molecular weight excluding hydrogens is 278 g/mol. The largest absolute Gasteiger partial charge is 0.444 e. The van der Waals surface area contributed by atoms with Gasteiger partial charge in [-0.3, -0.25) is 0 Å². The van der Waals surface area contributed by atoms with Crippen LogP contribution in [0, 0.1) is 5.92 Å². The number of hydrogen-bond acceptors (Lipinski definition) is 3. The molecule has 0 aliphatic carbocycles. The number of aromatic amines is 1. The van der Waals surface area contributed by atoms with Gasteiger partial charge >= 0.3 is 6.09 Å². The molecule has 1 aliphatic rings. The average molecular weight is 307 g/mol. The number of nitrogens with zero attached hydrogens (tertiary/aromatic N) is 1. The molecule has 22 heavy (non-hydrogen) atoms. The molecule has 5 heteroatoms. The van der Waals surface area contributed by atoms with Gasteiger partial charge in [-0.15, -0.1) is 0 Å². The van der Waals surface area contributed by atoms with E-state index in [-0.39, 0.29) is 6.09 Å². The van der Waals surface area contributed by atoms with Gasteiger partial charge in [-0.2, -0.15) is 0 Å². The van der Waals surface area contributed by atoms with E-state index in [4.69, 9.17) is 4.74 Å². The third-order valence-corrected chi connectivity index (χ3v) is 3.97. The van der Waals surface area contributed by atoms with Crippen molar-refractivity contribution >= 4 is 6.09 Å². The summed E-state index contributed by atoms with van der Waals surface area (Å²) in [7, 11) is 0. The molecule has 2 heterocycles. The second-order valence-electron chi connectivity index (χ2n) is 7.19. The van der Waals surface area contributed by atoms with Crippen molar-refractivity contribution in [2.45, 2.75) is 52.2 Å². The van der Waals surface area contributed by atoms with Gasteiger partial charge in [-0.25, -0.2) is 4.79 Å². The van der Waals surface area contributed by atoms with Crippen LogP contribution in [0.1, 0.15) is 52.3 Å². The standard InChI is InChI=1S/C17H29N3O2/c1-13(15-8-5-9-18-15)19-11-14-7-6-10-20(12-14)16(21)22-17(2,3)4/h5,8-9,13-14,18-19H,6-7,10-12H2,1-4H3/t13-,14-/m1/s1. The Bertz CT molecular complexity index is 465. The lowest BCUT2D eigenvalue weighted by molar-refractivity contribution is 0.0165. The number of H-pyrrole nitrogens is 1. The van der Waals surface area contributed by atoms with Crippen molar-refractivity contribution in [1.82, 2.24) is 15.2 Å². The van der Waals surface area contributed by atoms with Crippen LogP contribution in [0.4, 0.5) is 4.79 Å². The summed E-state index contributed by atoms with van der Waals surface area (Å²) >= 11 is 0. The topological polar surface area (TPSA) is 57.4 Å². The number of amides is 1. The number of aromatic nitrogens is 1. The molecule has 124 valence electrons. The SMILES string of the molecule is C[C@@H](NC[C@H]1CCCN(C(=O)OC(C)(C)C)C1)c1ccc[nH]1. The minimum absolute atomic E-state index is 0.186. The maximum Gasteiger partial charge on any atom is 0.410 e. The zero-order valence-electron chi connectivity index (χ0n) is 14.2. The van der Waals surface area contributed by atoms with Crippen LogP contribution in [0.25, 0.3) is 0 Å². The zero-order valence-corrected chi connectivity index (χ0v) is 14.2. The van der Waals surface area contributed by atoms with Crippen molar-refractivity contribution in [3.63, 3.8) is 0 Å². The van der Waals surface area contributed by atoms with Crippen molar-refractivity contribution < 1.29 is 9.53 Å². The van der Waals surface area contributed by atoms with Crippen LogP contribution in [0.15, 0.2) is 18.3 Å². The summed E-state index contributed by atoms with van der Waals surface area (Å²) in [5.41, 5.74) is 0.768. The van der Waals surface area contributed by atoms with E-state index in [9.17, 15) is 4.79 Å². The fraction of sp³-hybridized carbons (Fsp3) is 0.706. The van der Waals surface area contributed by atoms with Crippen LogP contribution in [0.3, 0.4) is 0 Å². The molecule has 2 rings (SSSR count). The molecule has 0 radical (unpaired) electrons. The fourth-order valence-corrected chi connectivity index (χ4v) is 2.79. The Morgan fingerprint density at radius 2 is 2.32 bits per heavy atom. The molecule has 2 N–H and O–H groups in total. The molecule has 1 aliphatic heterocycles. The van der Waals surface area contributed by atoms with Crippen LogP contribution in [0.5, 0.6) is 0 Å². The lowest BCUT2D eigenvalue weighted by atomic mass is 9.98. The number of likely N-dealkylation sites (tertiary alicyclic amines) is 1. The van der Waals surface area contributed by atoms with Gasteiger partial charge in [0.1, 0.15) is 5.60 Å². The third-order valence-electron chi connectivity index (χ3n) is 3.97. The molecular formula is C17H29N3O2. The molecule has 0 unspecified atom stereocenters. The Labute approximate surface area is 133 Å². The molecule has 1 aromatic heterocycles. The lowest BCUT2D eigenvalue weighted by Crippen LogP contribution is -2.45. The highest BCUT2D eigenvalue weighted by Crippen LogP contribution is 2.20. The Balaban J connectivity index is 1.79. The second kappa shape index (κ2) is 7.18. The maximum absolute atomic E-state index is 12.2. The summed E-state index contributed by atoms with van der Waals surface area (Å²) < 4.78 is 5.47. The molecule has 1 amide bonds. The van der Waals surface area contributed by atoms with Crippen LogP contribution in [-0.2, 0) is 4.74 Å². The first kappa shape index (κ1) is 16.9. The number of hydrogen-bond donors (Lipinski definition) is 2. The van der Waals surface area contributed by atoms with Crippen molar-refractivity contribution in [2.75, 3.05) is 19.6 Å². The van der Waals surface area contributed by atoms with Crippen molar-refractivity contribution in [3.8, 4) is 0 Å². The minimum atomic E-state index is -0.426. The maximum atomic E-state index is 12.2. The quantitative estimate of drug-likeness (QED) is 0.897. The summed E-state index contributed by atoms with van der Waals surface area (Å²) in [6.45, 7) is 10.4. The monoisotopic (exact) mass is 307 g/mol. The summed E-state index contributed by atoms with van der Waals surface area (Å²) in [6, 6.07) is 4.40. The number of carbonyl (C=O) groups is 1. The smallest absolute Gasteiger partial charge is 0.410 e. The van der Waals surface area contributed by atoms with Gasteiger partial charge in [0.15, 0.2) is 0 Å². The van der Waals surface area contributed by atoms with Crippen molar-refractivity contribution in [3.05, 3.63) is 24.0 Å². The molecule has 0 spiro atoms. The van der Waals surface area contributed by atoms with E-state index >= 15 is 0 Å². The Morgan fingerprint density at radius 1 is 1.55 bits per heavy atom. The Hall–Kier alpha value is -1.49. The van der Waals surface area contributed by atoms with Gasteiger partial charge in [0.05, 0.1) is 0 Å². The molecule has 2 atom stereocenters. The van der Waals surface area contributed by atoms with Gasteiger partial charge in [-0.05, 0) is 58.6 Å². The van der Waals surface area contributed by atoms with Gasteiger partial charge in [0.25, 0.3) is 0 Å². The van der Waals surface area contributed by atoms with Crippen LogP contribution in [0.2, 0.25) is 0 Å². The van der Waals surface area contributed by atoms with E-state index < -0.39 is 5.60 Å². The van der Waals surface area contributed by atoms with Crippen LogP contribution in [-0.4, -0.2) is 41.2 Å². The number of piperidine rings is 1. The summed E-state index contributed by atoms with van der Waals surface area (Å²) in [6.07, 6.45) is 3.96. The van der Waals surface area contributed by atoms with Crippen molar-refractivity contribution in [2.24, 2.45) is 5.92 Å². The fourth-order valence-electron chi connectivity index (χ4n) is 2.79. The normalized spacial score (nSPS) is 20.7. The number of carbonyl (C=O) groups excluding carboxylic acids is 1. The molecule has 0 saturated carbocycles. The highest BCUT2D eigenvalue weighted by Gasteiger charge is 2.27. The van der Waals surface area contributed by atoms with E-state index in [2.05, 4.69) is 23.3 Å². The minimum Gasteiger partial charge on any atom is -0.444 e. The molecule has 0 bridgehead atoms. The highest BCUT2D eigenvalue weighted by molar-refractivity contribution is 5.68. The first-order valence-corrected chi connectivity index (χ1v) is 8.20. The summed E-state index contributed by atoms with van der Waals surface area (Å²) in [5.74, 6) is 0.485. The van der Waals surface area contributed by atoms with Crippen LogP contribution < -0.4 is 5.32 Å². The number of ether oxygens (including phenoxy) is 1. The van der Waals surface area contributed by atoms with Crippen LogP contribution >= 0.6 is 0 Å². The van der Waals surface area contributed by atoms with Gasteiger partial charge in [-0.1, -0.05) is 0 Å². The highest BCUT2D eigenvalue weighted by atomic mass is 16.6. The van der Waals surface area contributed by atoms with E-state index in [0.717, 1.165) is 32.5 Å². The lowest BCUT2D eigenvalue weighted by Gasteiger charge is -2.34. The van der Waals surface area contributed by atoms with Gasteiger partial charge in [0.2, 0.25) is 0 Å². The van der Waals surface area contributed by atoms with Gasteiger partial charge in [0, 0.05) is 37.6 Å². The van der Waals surface area contributed by atoms with E-state index in [0.29, 0.717) is 12.0 Å². The number of nitrogens with one attached hydrogen (secondary N) is 2. The predicted molar refractivity (Wildman–Crippen MR) is 87.7 cm³/mol. The Morgan fingerprint density at radius 3 is 2.95 bits per heavy atom. The second-order valence-corrected chi connectivity index (χ2v) is 7.19. The molecule has 1 fully saturated rings. The Kier molecular flexibility index (Phi) is 5.51. The van der Waals surface area contributed by atoms with Crippen molar-refractivity contribution in [1.29, 1.82) is 0 Å². The van der Waals surface area contributed by atoms with E-state index in [1.165, 1.54) is 5.69 Å². The number of rotatable bonds is 4. The van der Waals surface area contributed by atoms with E-state index in [1.807, 2.05) is 37.9 Å². The molecule has 0 aromatic carbocycles. The van der Waals surface area contributed by atoms with Gasteiger partial charge < -0.3 is 19.9 Å². The first-order valence-electron chi connectivity index (χ1n) is 8.20. The molecule has 1 aromatic rings. The summed E-state index contributed by atoms with van der Waals surface area (Å²) in [4.78, 5) is 17.2. The first-order chi connectivity index (χ1) is 10.3.